The molecule has 1 atom stereocenters. The third kappa shape index (κ3) is 4.15. The van der Waals surface area contributed by atoms with Gasteiger partial charge >= 0.3 is 0 Å². The molecule has 1 fully saturated rings. The maximum absolute atomic E-state index is 12.3. The van der Waals surface area contributed by atoms with E-state index in [0.717, 1.165) is 50.5 Å². The summed E-state index contributed by atoms with van der Waals surface area (Å²) in [5, 5.41) is 13.3. The van der Waals surface area contributed by atoms with Crippen LogP contribution in [0.15, 0.2) is 0 Å². The van der Waals surface area contributed by atoms with Crippen LogP contribution in [0.3, 0.4) is 0 Å². The minimum Gasteiger partial charge on any atom is -0.376 e. The lowest BCUT2D eigenvalue weighted by Crippen LogP contribution is -2.42. The molecule has 1 aliphatic heterocycles. The Kier molecular flexibility index (Phi) is 5.88. The van der Waals surface area contributed by atoms with Crippen molar-refractivity contribution >= 4 is 22.2 Å². The Bertz CT molecular complexity index is 635. The van der Waals surface area contributed by atoms with Crippen molar-refractivity contribution < 1.29 is 9.53 Å². The van der Waals surface area contributed by atoms with Crippen molar-refractivity contribution in [3.8, 4) is 6.07 Å². The number of carbonyl (C=O) groups is 1. The van der Waals surface area contributed by atoms with Gasteiger partial charge in [0.15, 0.2) is 0 Å². The molecule has 2 aliphatic rings. The first kappa shape index (κ1) is 17.4. The zero-order chi connectivity index (χ0) is 16.9. The third-order valence-electron chi connectivity index (χ3n) is 4.77. The number of thiophene rings is 1. The van der Waals surface area contributed by atoms with Gasteiger partial charge in [-0.05, 0) is 38.2 Å². The molecule has 130 valence electrons. The fourth-order valence-electron chi connectivity index (χ4n) is 3.49. The maximum Gasteiger partial charge on any atom is 0.226 e. The van der Waals surface area contributed by atoms with Gasteiger partial charge in [0.25, 0.3) is 0 Å². The highest BCUT2D eigenvalue weighted by Crippen LogP contribution is 2.37. The van der Waals surface area contributed by atoms with Gasteiger partial charge in [-0.15, -0.1) is 11.3 Å². The van der Waals surface area contributed by atoms with Crippen molar-refractivity contribution in [2.45, 2.75) is 51.6 Å². The number of nitriles is 1. The van der Waals surface area contributed by atoms with Crippen LogP contribution in [0, 0.1) is 11.3 Å². The first-order valence-electron chi connectivity index (χ1n) is 8.86. The molecule has 0 spiro atoms. The van der Waals surface area contributed by atoms with Gasteiger partial charge < -0.3 is 10.1 Å². The number of amides is 1. The molecule has 1 amide bonds. The molecule has 1 N–H and O–H groups in total. The molecule has 6 heteroatoms. The smallest absolute Gasteiger partial charge is 0.226 e. The number of carbonyl (C=O) groups excluding carboxylic acids is 1. The Morgan fingerprint density at radius 1 is 1.42 bits per heavy atom. The predicted octanol–water partition coefficient (Wildman–Crippen LogP) is 2.94. The van der Waals surface area contributed by atoms with Gasteiger partial charge in [-0.3, -0.25) is 9.69 Å². The fourth-order valence-corrected chi connectivity index (χ4v) is 4.75. The van der Waals surface area contributed by atoms with Crippen molar-refractivity contribution in [3.05, 3.63) is 16.0 Å². The minimum atomic E-state index is 0.00190. The third-order valence-corrected chi connectivity index (χ3v) is 5.97. The summed E-state index contributed by atoms with van der Waals surface area (Å²) < 4.78 is 5.52. The zero-order valence-electron chi connectivity index (χ0n) is 14.3. The SMILES string of the molecule is CC1CN(CCC(=O)Nc2sc3c(c2C#N)CCCCC3)CCO1. The standard InChI is InChI=1S/C18H25N3O2S/c1-13-12-21(9-10-23-13)8-7-17(22)20-18-15(11-19)14-5-3-2-4-6-16(14)24-18/h13H,2-10,12H2,1H3,(H,20,22). The van der Waals surface area contributed by atoms with Crippen molar-refractivity contribution in [1.82, 2.24) is 4.90 Å². The molecule has 24 heavy (non-hydrogen) atoms. The van der Waals surface area contributed by atoms with E-state index in [9.17, 15) is 10.1 Å². The Balaban J connectivity index is 1.59. The fraction of sp³-hybridized carbons (Fsp3) is 0.667. The summed E-state index contributed by atoms with van der Waals surface area (Å²) in [7, 11) is 0. The van der Waals surface area contributed by atoms with Gasteiger partial charge in [0.05, 0.1) is 18.3 Å². The molecule has 0 radical (unpaired) electrons. The molecule has 1 aliphatic carbocycles. The lowest BCUT2D eigenvalue weighted by Gasteiger charge is -2.30. The van der Waals surface area contributed by atoms with Crippen LogP contribution in [0.5, 0.6) is 0 Å². The van der Waals surface area contributed by atoms with E-state index in [4.69, 9.17) is 4.74 Å². The number of ether oxygens (including phenoxy) is 1. The Morgan fingerprint density at radius 3 is 3.04 bits per heavy atom. The van der Waals surface area contributed by atoms with Crippen molar-refractivity contribution in [2.24, 2.45) is 0 Å². The number of rotatable bonds is 4. The first-order valence-corrected chi connectivity index (χ1v) is 9.67. The summed E-state index contributed by atoms with van der Waals surface area (Å²) in [4.78, 5) is 15.9. The Hall–Kier alpha value is -1.42. The summed E-state index contributed by atoms with van der Waals surface area (Å²) in [5.41, 5.74) is 1.88. The zero-order valence-corrected chi connectivity index (χ0v) is 15.1. The van der Waals surface area contributed by atoms with E-state index < -0.39 is 0 Å². The molecule has 1 aromatic heterocycles. The molecule has 5 nitrogen and oxygen atoms in total. The minimum absolute atomic E-state index is 0.00190. The predicted molar refractivity (Wildman–Crippen MR) is 95.4 cm³/mol. The number of morpholine rings is 1. The van der Waals surface area contributed by atoms with E-state index in [1.807, 2.05) is 0 Å². The van der Waals surface area contributed by atoms with E-state index >= 15 is 0 Å². The number of anilines is 1. The normalized spacial score (nSPS) is 21.6. The van der Waals surface area contributed by atoms with E-state index in [2.05, 4.69) is 23.2 Å². The summed E-state index contributed by atoms with van der Waals surface area (Å²) in [6, 6.07) is 2.32. The summed E-state index contributed by atoms with van der Waals surface area (Å²) in [6.45, 7) is 5.30. The van der Waals surface area contributed by atoms with Crippen LogP contribution in [0.2, 0.25) is 0 Å². The second-order valence-corrected chi connectivity index (χ2v) is 7.77. The number of fused-ring (bicyclic) bond motifs is 1. The monoisotopic (exact) mass is 347 g/mol. The van der Waals surface area contributed by atoms with E-state index in [1.165, 1.54) is 23.3 Å². The van der Waals surface area contributed by atoms with Crippen LogP contribution in [-0.2, 0) is 22.4 Å². The molecule has 0 bridgehead atoms. The van der Waals surface area contributed by atoms with Gasteiger partial charge in [-0.1, -0.05) is 6.42 Å². The van der Waals surface area contributed by atoms with E-state index in [-0.39, 0.29) is 12.0 Å². The highest BCUT2D eigenvalue weighted by molar-refractivity contribution is 7.16. The molecule has 1 saturated heterocycles. The maximum atomic E-state index is 12.3. The Labute approximate surface area is 147 Å². The second kappa shape index (κ2) is 8.11. The number of nitrogens with zero attached hydrogens (tertiary/aromatic N) is 2. The summed E-state index contributed by atoms with van der Waals surface area (Å²) in [5.74, 6) is 0.00190. The molecular formula is C18H25N3O2S. The Morgan fingerprint density at radius 2 is 2.25 bits per heavy atom. The number of aryl methyl sites for hydroxylation is 1. The molecule has 1 unspecified atom stereocenters. The van der Waals surface area contributed by atoms with Crippen LogP contribution in [-0.4, -0.2) is 43.2 Å². The highest BCUT2D eigenvalue weighted by Gasteiger charge is 2.22. The van der Waals surface area contributed by atoms with Crippen LogP contribution in [0.4, 0.5) is 5.00 Å². The highest BCUT2D eigenvalue weighted by atomic mass is 32.1. The van der Waals surface area contributed by atoms with Gasteiger partial charge in [0.1, 0.15) is 11.1 Å². The average Bonchev–Trinajstić information content (AvgIpc) is 2.73. The van der Waals surface area contributed by atoms with E-state index in [0.29, 0.717) is 12.0 Å². The molecule has 1 aromatic rings. The first-order chi connectivity index (χ1) is 11.7. The molecule has 3 rings (SSSR count). The van der Waals surface area contributed by atoms with Gasteiger partial charge in [0, 0.05) is 30.9 Å². The largest absolute Gasteiger partial charge is 0.376 e. The van der Waals surface area contributed by atoms with Crippen molar-refractivity contribution in [2.75, 3.05) is 31.6 Å². The average molecular weight is 347 g/mol. The summed E-state index contributed by atoms with van der Waals surface area (Å²) >= 11 is 1.60. The number of nitrogens with one attached hydrogen (secondary N) is 1. The lowest BCUT2D eigenvalue weighted by atomic mass is 10.1. The van der Waals surface area contributed by atoms with Gasteiger partial charge in [-0.2, -0.15) is 5.26 Å². The van der Waals surface area contributed by atoms with Crippen LogP contribution in [0.1, 0.15) is 48.6 Å². The van der Waals surface area contributed by atoms with Gasteiger partial charge in [0.2, 0.25) is 5.91 Å². The van der Waals surface area contributed by atoms with Gasteiger partial charge in [-0.25, -0.2) is 0 Å². The lowest BCUT2D eigenvalue weighted by molar-refractivity contribution is -0.117. The van der Waals surface area contributed by atoms with Crippen molar-refractivity contribution in [1.29, 1.82) is 5.26 Å². The van der Waals surface area contributed by atoms with Crippen molar-refractivity contribution in [3.63, 3.8) is 0 Å². The summed E-state index contributed by atoms with van der Waals surface area (Å²) in [6.07, 6.45) is 6.25. The molecule has 0 saturated carbocycles. The number of hydrogen-bond donors (Lipinski definition) is 1. The second-order valence-electron chi connectivity index (χ2n) is 6.66. The quantitative estimate of drug-likeness (QED) is 0.851. The molecular weight excluding hydrogens is 322 g/mol. The molecule has 0 aromatic carbocycles. The molecule has 2 heterocycles. The van der Waals surface area contributed by atoms with Crippen LogP contribution >= 0.6 is 11.3 Å². The van der Waals surface area contributed by atoms with E-state index in [1.54, 1.807) is 11.3 Å². The number of hydrogen-bond acceptors (Lipinski definition) is 5. The topological polar surface area (TPSA) is 65.4 Å². The van der Waals surface area contributed by atoms with Crippen LogP contribution in [0.25, 0.3) is 0 Å². The van der Waals surface area contributed by atoms with Crippen LogP contribution < -0.4 is 5.32 Å².